The van der Waals surface area contributed by atoms with Crippen molar-refractivity contribution >= 4 is 11.9 Å². The minimum absolute atomic E-state index is 0.0620. The van der Waals surface area contributed by atoms with Crippen LogP contribution in [-0.4, -0.2) is 35.5 Å². The van der Waals surface area contributed by atoms with Gasteiger partial charge in [-0.1, -0.05) is 37.1 Å². The maximum Gasteiger partial charge on any atom is 0.315 e. The van der Waals surface area contributed by atoms with Crippen molar-refractivity contribution in [3.05, 3.63) is 35.4 Å². The summed E-state index contributed by atoms with van der Waals surface area (Å²) in [6.07, 6.45) is 5.59. The number of hydrogen-bond donors (Lipinski definition) is 2. The molecule has 1 fully saturated rings. The van der Waals surface area contributed by atoms with Crippen LogP contribution in [0.2, 0.25) is 0 Å². The highest BCUT2D eigenvalue weighted by Crippen LogP contribution is 2.20. The molecule has 3 rings (SSSR count). The molecule has 130 valence electrons. The molecule has 0 aromatic heterocycles. The van der Waals surface area contributed by atoms with Crippen LogP contribution in [0.1, 0.15) is 50.2 Å². The first-order valence-electron chi connectivity index (χ1n) is 9.05. The summed E-state index contributed by atoms with van der Waals surface area (Å²) >= 11 is 0. The molecule has 2 aliphatic rings. The smallest absolute Gasteiger partial charge is 0.315 e. The predicted molar refractivity (Wildman–Crippen MR) is 93.6 cm³/mol. The highest BCUT2D eigenvalue weighted by Gasteiger charge is 2.27. The third-order valence-electron chi connectivity index (χ3n) is 5.17. The van der Waals surface area contributed by atoms with E-state index in [0.29, 0.717) is 6.42 Å². The van der Waals surface area contributed by atoms with Gasteiger partial charge in [0.05, 0.1) is 6.04 Å². The van der Waals surface area contributed by atoms with Crippen LogP contribution >= 0.6 is 0 Å². The Morgan fingerprint density at radius 2 is 1.96 bits per heavy atom. The van der Waals surface area contributed by atoms with Crippen LogP contribution in [0.15, 0.2) is 24.3 Å². The van der Waals surface area contributed by atoms with Crippen LogP contribution in [0.3, 0.4) is 0 Å². The van der Waals surface area contributed by atoms with Crippen molar-refractivity contribution in [2.75, 3.05) is 6.54 Å². The van der Waals surface area contributed by atoms with Gasteiger partial charge in [-0.25, -0.2) is 4.79 Å². The number of hydrogen-bond acceptors (Lipinski definition) is 2. The summed E-state index contributed by atoms with van der Waals surface area (Å²) < 4.78 is 0. The number of amides is 3. The number of carbonyl (C=O) groups excluding carboxylic acids is 2. The molecule has 2 N–H and O–H groups in total. The van der Waals surface area contributed by atoms with Crippen molar-refractivity contribution in [1.82, 2.24) is 15.5 Å². The number of urea groups is 1. The van der Waals surface area contributed by atoms with E-state index in [0.717, 1.165) is 45.2 Å². The molecule has 0 saturated carbocycles. The molecule has 24 heavy (non-hydrogen) atoms. The van der Waals surface area contributed by atoms with Crippen LogP contribution in [0, 0.1) is 0 Å². The van der Waals surface area contributed by atoms with E-state index in [2.05, 4.69) is 28.8 Å². The van der Waals surface area contributed by atoms with Crippen LogP contribution in [0.5, 0.6) is 0 Å². The van der Waals surface area contributed by atoms with Gasteiger partial charge in [-0.05, 0) is 37.3 Å². The Labute approximate surface area is 143 Å². The van der Waals surface area contributed by atoms with Crippen molar-refractivity contribution in [3.63, 3.8) is 0 Å². The van der Waals surface area contributed by atoms with Gasteiger partial charge in [0.25, 0.3) is 0 Å². The van der Waals surface area contributed by atoms with Gasteiger partial charge in [-0.3, -0.25) is 4.79 Å². The van der Waals surface area contributed by atoms with E-state index in [1.807, 2.05) is 17.9 Å². The topological polar surface area (TPSA) is 61.4 Å². The van der Waals surface area contributed by atoms with Crippen LogP contribution < -0.4 is 10.6 Å². The van der Waals surface area contributed by atoms with Crippen LogP contribution in [0.4, 0.5) is 4.79 Å². The van der Waals surface area contributed by atoms with E-state index in [9.17, 15) is 9.59 Å². The largest absolute Gasteiger partial charge is 0.338 e. The standard InChI is InChI=1S/C19H27N3O2/c1-14-17(21-19(24)20-14)9-3-2-4-10-18(23)22-12-11-15-7-5-6-8-16(15)13-22/h5-8,14,17H,2-4,9-13H2,1H3,(H2,20,21,24)/t14-,17+/m0/s1. The van der Waals surface area contributed by atoms with Gasteiger partial charge in [-0.15, -0.1) is 0 Å². The second-order valence-corrected chi connectivity index (χ2v) is 6.95. The fourth-order valence-electron chi connectivity index (χ4n) is 3.65. The maximum absolute atomic E-state index is 12.4. The van der Waals surface area contributed by atoms with Gasteiger partial charge >= 0.3 is 6.03 Å². The molecule has 2 atom stereocenters. The lowest BCUT2D eigenvalue weighted by Gasteiger charge is -2.29. The van der Waals surface area contributed by atoms with Crippen molar-refractivity contribution in [1.29, 1.82) is 0 Å². The first-order chi connectivity index (χ1) is 11.6. The average molecular weight is 329 g/mol. The Kier molecular flexibility index (Phi) is 5.38. The Bertz CT molecular complexity index is 602. The molecule has 1 aromatic rings. The summed E-state index contributed by atoms with van der Waals surface area (Å²) in [6, 6.07) is 8.77. The predicted octanol–water partition coefficient (Wildman–Crippen LogP) is 2.59. The van der Waals surface area contributed by atoms with E-state index in [-0.39, 0.29) is 24.0 Å². The lowest BCUT2D eigenvalue weighted by atomic mass is 9.99. The Hall–Kier alpha value is -2.04. The number of nitrogens with one attached hydrogen (secondary N) is 2. The number of rotatable bonds is 6. The molecular formula is C19H27N3O2. The van der Waals surface area contributed by atoms with Crippen molar-refractivity contribution in [2.45, 2.75) is 64.1 Å². The van der Waals surface area contributed by atoms with E-state index in [4.69, 9.17) is 0 Å². The summed E-state index contributed by atoms with van der Waals surface area (Å²) in [7, 11) is 0. The molecule has 1 saturated heterocycles. The zero-order chi connectivity index (χ0) is 16.9. The second kappa shape index (κ2) is 7.69. The van der Waals surface area contributed by atoms with Crippen LogP contribution in [0.25, 0.3) is 0 Å². The maximum atomic E-state index is 12.4. The molecule has 2 heterocycles. The summed E-state index contributed by atoms with van der Waals surface area (Å²) in [5.74, 6) is 0.272. The Balaban J connectivity index is 1.34. The zero-order valence-corrected chi connectivity index (χ0v) is 14.4. The highest BCUT2D eigenvalue weighted by molar-refractivity contribution is 5.77. The molecule has 0 spiro atoms. The molecule has 0 radical (unpaired) electrons. The summed E-state index contributed by atoms with van der Waals surface area (Å²) in [6.45, 7) is 3.62. The lowest BCUT2D eigenvalue weighted by molar-refractivity contribution is -0.132. The summed E-state index contributed by atoms with van der Waals surface area (Å²) in [4.78, 5) is 25.6. The van der Waals surface area contributed by atoms with E-state index >= 15 is 0 Å². The first kappa shape index (κ1) is 16.8. The van der Waals surface area contributed by atoms with Crippen LogP contribution in [-0.2, 0) is 17.8 Å². The fourth-order valence-corrected chi connectivity index (χ4v) is 3.65. The number of unbranched alkanes of at least 4 members (excludes halogenated alkanes) is 2. The number of carbonyl (C=O) groups is 2. The Morgan fingerprint density at radius 3 is 2.71 bits per heavy atom. The Morgan fingerprint density at radius 1 is 1.17 bits per heavy atom. The van der Waals surface area contributed by atoms with E-state index < -0.39 is 0 Å². The molecule has 3 amide bonds. The van der Waals surface area contributed by atoms with Gasteiger partial charge in [0.1, 0.15) is 0 Å². The van der Waals surface area contributed by atoms with Gasteiger partial charge in [-0.2, -0.15) is 0 Å². The number of nitrogens with zero attached hydrogens (tertiary/aromatic N) is 1. The number of benzene rings is 1. The fraction of sp³-hybridized carbons (Fsp3) is 0.579. The summed E-state index contributed by atoms with van der Waals surface area (Å²) in [5.41, 5.74) is 2.67. The van der Waals surface area contributed by atoms with Gasteiger partial charge in [0.15, 0.2) is 0 Å². The molecule has 0 unspecified atom stereocenters. The second-order valence-electron chi connectivity index (χ2n) is 6.95. The quantitative estimate of drug-likeness (QED) is 0.788. The van der Waals surface area contributed by atoms with Gasteiger partial charge in [0.2, 0.25) is 5.91 Å². The summed E-state index contributed by atoms with van der Waals surface area (Å²) in [5, 5.41) is 5.81. The molecule has 5 nitrogen and oxygen atoms in total. The van der Waals surface area contributed by atoms with E-state index in [1.165, 1.54) is 11.1 Å². The molecule has 1 aromatic carbocycles. The molecular weight excluding hydrogens is 302 g/mol. The van der Waals surface area contributed by atoms with Crippen molar-refractivity contribution in [3.8, 4) is 0 Å². The molecule has 2 aliphatic heterocycles. The minimum atomic E-state index is -0.0620. The highest BCUT2D eigenvalue weighted by atomic mass is 16.2. The minimum Gasteiger partial charge on any atom is -0.338 e. The SMILES string of the molecule is C[C@@H]1NC(=O)N[C@@H]1CCCCCC(=O)N1CCc2ccccc2C1. The van der Waals surface area contributed by atoms with E-state index in [1.54, 1.807) is 0 Å². The first-order valence-corrected chi connectivity index (χ1v) is 9.05. The monoisotopic (exact) mass is 329 g/mol. The lowest BCUT2D eigenvalue weighted by Crippen LogP contribution is -2.35. The third-order valence-corrected chi connectivity index (χ3v) is 5.17. The molecule has 0 aliphatic carbocycles. The molecule has 0 bridgehead atoms. The normalized spacial score (nSPS) is 22.7. The zero-order valence-electron chi connectivity index (χ0n) is 14.4. The average Bonchev–Trinajstić information content (AvgIpc) is 2.91. The van der Waals surface area contributed by atoms with Crippen molar-refractivity contribution < 1.29 is 9.59 Å². The van der Waals surface area contributed by atoms with Gasteiger partial charge in [0, 0.05) is 25.6 Å². The number of fused-ring (bicyclic) bond motifs is 1. The third kappa shape index (κ3) is 4.08. The van der Waals surface area contributed by atoms with Gasteiger partial charge < -0.3 is 15.5 Å². The molecule has 5 heteroatoms. The van der Waals surface area contributed by atoms with Crippen molar-refractivity contribution in [2.24, 2.45) is 0 Å².